The predicted octanol–water partition coefficient (Wildman–Crippen LogP) is 1.40. The molecule has 0 saturated heterocycles. The maximum absolute atomic E-state index is 10.9. The molecule has 0 aromatic carbocycles. The van der Waals surface area contributed by atoms with Crippen LogP contribution in [0.1, 0.15) is 26.7 Å². The number of fused-ring (bicyclic) bond motifs is 1. The van der Waals surface area contributed by atoms with E-state index in [1.54, 1.807) is 0 Å². The van der Waals surface area contributed by atoms with Crippen LogP contribution in [-0.4, -0.2) is 5.91 Å². The highest BCUT2D eigenvalue weighted by molar-refractivity contribution is 5.76. The van der Waals surface area contributed by atoms with Crippen molar-refractivity contribution in [1.29, 1.82) is 0 Å². The minimum atomic E-state index is -0.117. The molecule has 0 aliphatic heterocycles. The number of hydrogen-bond donors (Lipinski definition) is 1. The Morgan fingerprint density at radius 2 is 1.92 bits per heavy atom. The second-order valence-corrected chi connectivity index (χ2v) is 4.61. The second-order valence-electron chi connectivity index (χ2n) is 4.61. The Morgan fingerprint density at radius 3 is 2.33 bits per heavy atom. The van der Waals surface area contributed by atoms with Crippen molar-refractivity contribution in [2.24, 2.45) is 35.3 Å². The molecule has 2 fully saturated rings. The van der Waals surface area contributed by atoms with Crippen molar-refractivity contribution >= 4 is 5.91 Å². The maximum atomic E-state index is 10.9. The number of amides is 1. The minimum Gasteiger partial charge on any atom is -0.369 e. The Labute approximate surface area is 73.5 Å². The van der Waals surface area contributed by atoms with Crippen LogP contribution in [0.2, 0.25) is 0 Å². The van der Waals surface area contributed by atoms with E-state index >= 15 is 0 Å². The molecule has 2 saturated carbocycles. The highest BCUT2D eigenvalue weighted by Gasteiger charge is 2.54. The lowest BCUT2D eigenvalue weighted by Crippen LogP contribution is -2.27. The van der Waals surface area contributed by atoms with E-state index in [0.717, 1.165) is 17.8 Å². The van der Waals surface area contributed by atoms with E-state index in [9.17, 15) is 4.79 Å². The highest BCUT2D eigenvalue weighted by Crippen LogP contribution is 2.60. The average molecular weight is 167 g/mol. The quantitative estimate of drug-likeness (QED) is 0.663. The molecule has 0 radical (unpaired) electrons. The van der Waals surface area contributed by atoms with Crippen molar-refractivity contribution < 1.29 is 4.79 Å². The first-order chi connectivity index (χ1) is 5.61. The maximum Gasteiger partial charge on any atom is 0.220 e. The third kappa shape index (κ3) is 1.05. The van der Waals surface area contributed by atoms with Crippen LogP contribution in [0.4, 0.5) is 0 Å². The fraction of sp³-hybridized carbons (Fsp3) is 0.900. The zero-order valence-electron chi connectivity index (χ0n) is 7.79. The number of rotatable bonds is 2. The fourth-order valence-corrected chi connectivity index (χ4v) is 2.85. The van der Waals surface area contributed by atoms with E-state index in [1.807, 2.05) is 6.92 Å². The zero-order chi connectivity index (χ0) is 8.88. The number of primary amides is 1. The largest absolute Gasteiger partial charge is 0.369 e. The van der Waals surface area contributed by atoms with Gasteiger partial charge >= 0.3 is 0 Å². The molecule has 68 valence electrons. The van der Waals surface area contributed by atoms with E-state index in [1.165, 1.54) is 12.8 Å². The third-order valence-electron chi connectivity index (χ3n) is 4.07. The lowest BCUT2D eigenvalue weighted by Gasteiger charge is -2.17. The lowest BCUT2D eigenvalue weighted by atomic mass is 9.88. The summed E-state index contributed by atoms with van der Waals surface area (Å²) in [5, 5.41) is 0. The van der Waals surface area contributed by atoms with Crippen LogP contribution >= 0.6 is 0 Å². The van der Waals surface area contributed by atoms with Crippen LogP contribution in [0.25, 0.3) is 0 Å². The van der Waals surface area contributed by atoms with Gasteiger partial charge in [0.1, 0.15) is 0 Å². The zero-order valence-corrected chi connectivity index (χ0v) is 7.79. The molecule has 0 aromatic rings. The van der Waals surface area contributed by atoms with Crippen LogP contribution in [-0.2, 0) is 4.79 Å². The van der Waals surface area contributed by atoms with Crippen molar-refractivity contribution in [1.82, 2.24) is 0 Å². The van der Waals surface area contributed by atoms with Gasteiger partial charge in [-0.05, 0) is 36.5 Å². The van der Waals surface area contributed by atoms with Crippen molar-refractivity contribution in [2.75, 3.05) is 0 Å². The smallest absolute Gasteiger partial charge is 0.220 e. The molecule has 3 atom stereocenters. The van der Waals surface area contributed by atoms with Gasteiger partial charge in [-0.25, -0.2) is 0 Å². The Bertz CT molecular complexity index is 202. The first kappa shape index (κ1) is 8.09. The van der Waals surface area contributed by atoms with Crippen LogP contribution in [0.3, 0.4) is 0 Å². The van der Waals surface area contributed by atoms with Crippen LogP contribution < -0.4 is 5.73 Å². The summed E-state index contributed by atoms with van der Waals surface area (Å²) < 4.78 is 0. The summed E-state index contributed by atoms with van der Waals surface area (Å²) in [6, 6.07) is 0. The summed E-state index contributed by atoms with van der Waals surface area (Å²) in [5.41, 5.74) is 5.27. The van der Waals surface area contributed by atoms with E-state index in [0.29, 0.717) is 5.92 Å². The highest BCUT2D eigenvalue weighted by atomic mass is 16.1. The fourth-order valence-electron chi connectivity index (χ4n) is 2.85. The number of carbonyl (C=O) groups is 1. The first-order valence-corrected chi connectivity index (χ1v) is 4.90. The third-order valence-corrected chi connectivity index (χ3v) is 4.07. The predicted molar refractivity (Wildman–Crippen MR) is 47.2 cm³/mol. The monoisotopic (exact) mass is 167 g/mol. The van der Waals surface area contributed by atoms with Gasteiger partial charge in [-0.3, -0.25) is 4.79 Å². The normalized spacial score (nSPS) is 46.8. The molecule has 2 N–H and O–H groups in total. The molecule has 2 rings (SSSR count). The molecule has 0 bridgehead atoms. The molecule has 0 aromatic heterocycles. The van der Waals surface area contributed by atoms with Gasteiger partial charge in [0.15, 0.2) is 0 Å². The number of hydrogen-bond acceptors (Lipinski definition) is 1. The van der Waals surface area contributed by atoms with Gasteiger partial charge in [-0.2, -0.15) is 0 Å². The molecule has 12 heavy (non-hydrogen) atoms. The molecular weight excluding hydrogens is 150 g/mol. The Morgan fingerprint density at radius 1 is 1.42 bits per heavy atom. The Balaban J connectivity index is 1.90. The molecule has 3 unspecified atom stereocenters. The van der Waals surface area contributed by atoms with Gasteiger partial charge in [-0.1, -0.05) is 13.8 Å². The molecule has 2 aliphatic rings. The number of carbonyl (C=O) groups excluding carboxylic acids is 1. The SMILES string of the molecule is CC(C(N)=O)C1CC2C(C)C2C1. The summed E-state index contributed by atoms with van der Waals surface area (Å²) in [6.45, 7) is 4.29. The summed E-state index contributed by atoms with van der Waals surface area (Å²) in [4.78, 5) is 10.9. The summed E-state index contributed by atoms with van der Waals surface area (Å²) in [5.74, 6) is 3.36. The van der Waals surface area contributed by atoms with Gasteiger partial charge in [-0.15, -0.1) is 0 Å². The molecule has 1 amide bonds. The van der Waals surface area contributed by atoms with Crippen LogP contribution in [0.15, 0.2) is 0 Å². The minimum absolute atomic E-state index is 0.102. The average Bonchev–Trinajstić information content (AvgIpc) is 2.53. The van der Waals surface area contributed by atoms with E-state index < -0.39 is 0 Å². The van der Waals surface area contributed by atoms with E-state index in [4.69, 9.17) is 5.73 Å². The number of nitrogens with two attached hydrogens (primary N) is 1. The van der Waals surface area contributed by atoms with E-state index in [-0.39, 0.29) is 11.8 Å². The van der Waals surface area contributed by atoms with Crippen molar-refractivity contribution in [2.45, 2.75) is 26.7 Å². The van der Waals surface area contributed by atoms with Crippen molar-refractivity contribution in [3.05, 3.63) is 0 Å². The van der Waals surface area contributed by atoms with Gasteiger partial charge in [0.25, 0.3) is 0 Å². The molecule has 2 aliphatic carbocycles. The van der Waals surface area contributed by atoms with Gasteiger partial charge < -0.3 is 5.73 Å². The molecule has 0 spiro atoms. The Kier molecular flexibility index (Phi) is 1.67. The summed E-state index contributed by atoms with van der Waals surface area (Å²) >= 11 is 0. The second kappa shape index (κ2) is 2.48. The topological polar surface area (TPSA) is 43.1 Å². The first-order valence-electron chi connectivity index (χ1n) is 4.90. The summed E-state index contributed by atoms with van der Waals surface area (Å²) in [6.07, 6.45) is 2.49. The van der Waals surface area contributed by atoms with Crippen LogP contribution in [0.5, 0.6) is 0 Å². The van der Waals surface area contributed by atoms with Gasteiger partial charge in [0, 0.05) is 5.92 Å². The summed E-state index contributed by atoms with van der Waals surface area (Å²) in [7, 11) is 0. The lowest BCUT2D eigenvalue weighted by molar-refractivity contribution is -0.122. The van der Waals surface area contributed by atoms with E-state index in [2.05, 4.69) is 6.92 Å². The molecular formula is C10H17NO. The van der Waals surface area contributed by atoms with Gasteiger partial charge in [0.05, 0.1) is 0 Å². The van der Waals surface area contributed by atoms with Crippen molar-refractivity contribution in [3.8, 4) is 0 Å². The molecule has 0 heterocycles. The molecule has 2 heteroatoms. The molecule has 2 nitrogen and oxygen atoms in total. The Hall–Kier alpha value is -0.530. The van der Waals surface area contributed by atoms with Gasteiger partial charge in [0.2, 0.25) is 5.91 Å². The van der Waals surface area contributed by atoms with Crippen molar-refractivity contribution in [3.63, 3.8) is 0 Å². The standard InChI is InChI=1S/C10H17NO/c1-5(10(11)12)7-3-8-6(2)9(8)4-7/h5-9H,3-4H2,1-2H3,(H2,11,12). The van der Waals surface area contributed by atoms with Crippen LogP contribution in [0, 0.1) is 29.6 Å².